The van der Waals surface area contributed by atoms with E-state index in [1.165, 1.54) is 0 Å². The number of rotatable bonds is 2. The number of aryl methyl sites for hydroxylation is 2. The highest BCUT2D eigenvalue weighted by molar-refractivity contribution is 5.88. The van der Waals surface area contributed by atoms with E-state index in [4.69, 9.17) is 0 Å². The zero-order valence-electron chi connectivity index (χ0n) is 12.0. The van der Waals surface area contributed by atoms with Crippen molar-refractivity contribution < 1.29 is 9.90 Å². The molecule has 21 heavy (non-hydrogen) atoms. The fourth-order valence-corrected chi connectivity index (χ4v) is 2.61. The van der Waals surface area contributed by atoms with Gasteiger partial charge in [0.1, 0.15) is 0 Å². The molecule has 108 valence electrons. The van der Waals surface area contributed by atoms with E-state index >= 15 is 0 Å². The first-order chi connectivity index (χ1) is 10.0. The summed E-state index contributed by atoms with van der Waals surface area (Å²) in [5, 5.41) is 12.6. The maximum absolute atomic E-state index is 11.5. The molecule has 0 atom stereocenters. The molecule has 6 nitrogen and oxygen atoms in total. The largest absolute Gasteiger partial charge is 0.476 e. The van der Waals surface area contributed by atoms with Crippen LogP contribution in [0.3, 0.4) is 0 Å². The van der Waals surface area contributed by atoms with Crippen molar-refractivity contribution in [3.8, 4) is 11.4 Å². The van der Waals surface area contributed by atoms with Crippen LogP contribution in [-0.4, -0.2) is 32.6 Å². The predicted octanol–water partition coefficient (Wildman–Crippen LogP) is 1.50. The number of hydrogen-bond acceptors (Lipinski definition) is 5. The van der Waals surface area contributed by atoms with Crippen LogP contribution in [0.25, 0.3) is 11.4 Å². The first-order valence-corrected chi connectivity index (χ1v) is 6.84. The van der Waals surface area contributed by atoms with Crippen molar-refractivity contribution in [2.24, 2.45) is 0 Å². The number of carboxylic acid groups (broad SMARTS) is 1. The molecule has 1 aliphatic heterocycles. The van der Waals surface area contributed by atoms with Crippen molar-refractivity contribution in [2.45, 2.75) is 26.8 Å². The van der Waals surface area contributed by atoms with Crippen LogP contribution in [0.2, 0.25) is 0 Å². The summed E-state index contributed by atoms with van der Waals surface area (Å²) in [6.07, 6.45) is 0.716. The number of carboxylic acids is 1. The van der Waals surface area contributed by atoms with Gasteiger partial charge in [0.15, 0.2) is 11.5 Å². The molecule has 2 N–H and O–H groups in total. The highest BCUT2D eigenvalue weighted by atomic mass is 16.4. The Morgan fingerprint density at radius 1 is 1.19 bits per heavy atom. The van der Waals surface area contributed by atoms with Crippen molar-refractivity contribution in [1.82, 2.24) is 20.3 Å². The van der Waals surface area contributed by atoms with Crippen LogP contribution in [0, 0.1) is 13.8 Å². The van der Waals surface area contributed by atoms with E-state index in [1.807, 2.05) is 26.0 Å². The number of aromatic carboxylic acids is 1. The average molecular weight is 284 g/mol. The summed E-state index contributed by atoms with van der Waals surface area (Å²) in [6, 6.07) is 3.75. The molecule has 0 amide bonds. The summed E-state index contributed by atoms with van der Waals surface area (Å²) < 4.78 is 0. The van der Waals surface area contributed by atoms with E-state index in [0.717, 1.165) is 29.2 Å². The number of pyridine rings is 1. The van der Waals surface area contributed by atoms with Crippen LogP contribution in [0.4, 0.5) is 0 Å². The van der Waals surface area contributed by atoms with Gasteiger partial charge in [0, 0.05) is 42.0 Å². The van der Waals surface area contributed by atoms with E-state index in [0.29, 0.717) is 24.4 Å². The summed E-state index contributed by atoms with van der Waals surface area (Å²) in [5.41, 5.74) is 4.15. The smallest absolute Gasteiger partial charge is 0.354 e. The third-order valence-corrected chi connectivity index (χ3v) is 3.48. The quantitative estimate of drug-likeness (QED) is 0.869. The number of aromatic nitrogens is 3. The van der Waals surface area contributed by atoms with Crippen molar-refractivity contribution in [1.29, 1.82) is 0 Å². The van der Waals surface area contributed by atoms with Gasteiger partial charge >= 0.3 is 5.97 Å². The molecule has 3 heterocycles. The summed E-state index contributed by atoms with van der Waals surface area (Å²) in [6.45, 7) is 5.11. The van der Waals surface area contributed by atoms with Crippen molar-refractivity contribution >= 4 is 5.97 Å². The fourth-order valence-electron chi connectivity index (χ4n) is 2.61. The van der Waals surface area contributed by atoms with E-state index in [1.54, 1.807) is 0 Å². The summed E-state index contributed by atoms with van der Waals surface area (Å²) >= 11 is 0. The summed E-state index contributed by atoms with van der Waals surface area (Å²) in [5.74, 6) is -0.553. The molecule has 2 aromatic heterocycles. The highest BCUT2D eigenvalue weighted by Crippen LogP contribution is 2.22. The van der Waals surface area contributed by atoms with E-state index in [-0.39, 0.29) is 5.69 Å². The van der Waals surface area contributed by atoms with Crippen LogP contribution >= 0.6 is 0 Å². The molecular formula is C15H16N4O2. The molecule has 6 heteroatoms. The van der Waals surface area contributed by atoms with Gasteiger partial charge in [-0.15, -0.1) is 0 Å². The van der Waals surface area contributed by atoms with Gasteiger partial charge < -0.3 is 10.4 Å². The minimum atomic E-state index is -1.01. The maximum atomic E-state index is 11.5. The molecule has 0 saturated carbocycles. The lowest BCUT2D eigenvalue weighted by atomic mass is 10.0. The van der Waals surface area contributed by atoms with E-state index < -0.39 is 5.97 Å². The number of fused-ring (bicyclic) bond motifs is 1. The second kappa shape index (κ2) is 5.21. The molecule has 0 radical (unpaired) electrons. The zero-order chi connectivity index (χ0) is 15.0. The minimum Gasteiger partial charge on any atom is -0.476 e. The van der Waals surface area contributed by atoms with Crippen LogP contribution < -0.4 is 5.32 Å². The van der Waals surface area contributed by atoms with Crippen LogP contribution in [-0.2, 0) is 13.0 Å². The Bertz CT molecular complexity index is 708. The van der Waals surface area contributed by atoms with Gasteiger partial charge in [0.25, 0.3) is 0 Å². The molecule has 0 unspecified atom stereocenters. The number of nitrogens with zero attached hydrogens (tertiary/aromatic N) is 3. The second-order valence-electron chi connectivity index (χ2n) is 5.19. The van der Waals surface area contributed by atoms with Crippen molar-refractivity contribution in [3.63, 3.8) is 0 Å². The van der Waals surface area contributed by atoms with Gasteiger partial charge in [-0.25, -0.2) is 14.8 Å². The molecule has 1 aliphatic rings. The Morgan fingerprint density at radius 2 is 1.90 bits per heavy atom. The minimum absolute atomic E-state index is 0.0920. The summed E-state index contributed by atoms with van der Waals surface area (Å²) in [7, 11) is 0. The third kappa shape index (κ3) is 2.62. The molecule has 0 aromatic carbocycles. The molecule has 0 fully saturated rings. The van der Waals surface area contributed by atoms with Gasteiger partial charge in [0.05, 0.1) is 5.69 Å². The first kappa shape index (κ1) is 13.6. The average Bonchev–Trinajstić information content (AvgIpc) is 2.45. The number of carbonyl (C=O) groups is 1. The molecule has 0 spiro atoms. The van der Waals surface area contributed by atoms with Crippen LogP contribution in [0.5, 0.6) is 0 Å². The van der Waals surface area contributed by atoms with Gasteiger partial charge in [-0.05, 0) is 26.0 Å². The Balaban J connectivity index is 2.19. The molecule has 0 aliphatic carbocycles. The molecule has 0 bridgehead atoms. The van der Waals surface area contributed by atoms with Gasteiger partial charge in [-0.2, -0.15) is 0 Å². The normalized spacial score (nSPS) is 13.8. The number of nitrogens with one attached hydrogen (secondary N) is 1. The zero-order valence-corrected chi connectivity index (χ0v) is 12.0. The molecule has 3 rings (SSSR count). The molecule has 0 saturated heterocycles. The lowest BCUT2D eigenvalue weighted by Crippen LogP contribution is -2.28. The molecular weight excluding hydrogens is 268 g/mol. The SMILES string of the molecule is Cc1cc(-c2nc3c(c(C(=O)O)n2)CNCC3)cc(C)n1. The topological polar surface area (TPSA) is 88.0 Å². The number of hydrogen-bond donors (Lipinski definition) is 2. The summed E-state index contributed by atoms with van der Waals surface area (Å²) in [4.78, 5) is 24.6. The Labute approximate surface area is 122 Å². The van der Waals surface area contributed by atoms with Crippen LogP contribution in [0.1, 0.15) is 33.1 Å². The van der Waals surface area contributed by atoms with Crippen LogP contribution in [0.15, 0.2) is 12.1 Å². The van der Waals surface area contributed by atoms with Gasteiger partial charge in [0.2, 0.25) is 0 Å². The lowest BCUT2D eigenvalue weighted by Gasteiger charge is -2.18. The van der Waals surface area contributed by atoms with E-state index in [9.17, 15) is 9.90 Å². The first-order valence-electron chi connectivity index (χ1n) is 6.84. The monoisotopic (exact) mass is 284 g/mol. The van der Waals surface area contributed by atoms with Gasteiger partial charge in [-0.1, -0.05) is 0 Å². The van der Waals surface area contributed by atoms with E-state index in [2.05, 4.69) is 20.3 Å². The Hall–Kier alpha value is -2.34. The fraction of sp³-hybridized carbons (Fsp3) is 0.333. The Kier molecular flexibility index (Phi) is 3.39. The standard InChI is InChI=1S/C15H16N4O2/c1-8-5-10(6-9(2)17-8)14-18-12-3-4-16-7-11(12)13(19-14)15(20)21/h5-6,16H,3-4,7H2,1-2H3,(H,20,21). The maximum Gasteiger partial charge on any atom is 0.354 e. The van der Waals surface area contributed by atoms with Crippen molar-refractivity contribution in [2.75, 3.05) is 6.54 Å². The highest BCUT2D eigenvalue weighted by Gasteiger charge is 2.22. The second-order valence-corrected chi connectivity index (χ2v) is 5.19. The predicted molar refractivity (Wildman–Crippen MR) is 77.1 cm³/mol. The van der Waals surface area contributed by atoms with Crippen molar-refractivity contribution in [3.05, 3.63) is 40.5 Å². The van der Waals surface area contributed by atoms with Gasteiger partial charge in [-0.3, -0.25) is 4.98 Å². The molecule has 2 aromatic rings. The lowest BCUT2D eigenvalue weighted by molar-refractivity contribution is 0.0688. The Morgan fingerprint density at radius 3 is 2.57 bits per heavy atom. The third-order valence-electron chi connectivity index (χ3n) is 3.48.